The molecule has 8 nitrogen and oxygen atoms in total. The van der Waals surface area contributed by atoms with Crippen LogP contribution in [0.3, 0.4) is 0 Å². The van der Waals surface area contributed by atoms with Gasteiger partial charge in [-0.1, -0.05) is 0 Å². The second-order valence-corrected chi connectivity index (χ2v) is 8.86. The van der Waals surface area contributed by atoms with E-state index in [2.05, 4.69) is 10.2 Å². The molecule has 0 radical (unpaired) electrons. The number of nitrogens with one attached hydrogen (secondary N) is 1. The van der Waals surface area contributed by atoms with Crippen molar-refractivity contribution in [3.05, 3.63) is 24.2 Å². The molecule has 0 saturated carbocycles. The number of carbonyl (C=O) groups is 1. The van der Waals surface area contributed by atoms with Gasteiger partial charge in [-0.2, -0.15) is 0 Å². The van der Waals surface area contributed by atoms with E-state index in [-0.39, 0.29) is 11.9 Å². The van der Waals surface area contributed by atoms with E-state index in [1.807, 2.05) is 0 Å². The number of amides is 1. The number of carbonyl (C=O) groups excluding carboxylic acids is 1. The molecular weight excluding hydrogens is 358 g/mol. The molecule has 0 bridgehead atoms. The summed E-state index contributed by atoms with van der Waals surface area (Å²) >= 11 is 0. The van der Waals surface area contributed by atoms with Gasteiger partial charge in [0.25, 0.3) is 5.91 Å². The molecular formula is C17H27N3O5S. The average molecular weight is 385 g/mol. The normalized spacial score (nSPS) is 22.8. The van der Waals surface area contributed by atoms with Crippen molar-refractivity contribution >= 4 is 15.9 Å². The van der Waals surface area contributed by atoms with Crippen LogP contribution in [0.5, 0.6) is 0 Å². The Bertz CT molecular complexity index is 685. The van der Waals surface area contributed by atoms with Gasteiger partial charge in [0.2, 0.25) is 10.0 Å². The Morgan fingerprint density at radius 3 is 2.69 bits per heavy atom. The number of ether oxygens (including phenoxy) is 1. The Labute approximate surface area is 154 Å². The van der Waals surface area contributed by atoms with Crippen molar-refractivity contribution in [3.63, 3.8) is 0 Å². The van der Waals surface area contributed by atoms with Gasteiger partial charge in [0.15, 0.2) is 5.76 Å². The number of furan rings is 1. The molecule has 9 heteroatoms. The maximum Gasteiger partial charge on any atom is 0.287 e. The number of hydrogen-bond donors (Lipinski definition) is 1. The molecule has 1 aromatic heterocycles. The topological polar surface area (TPSA) is 92.1 Å². The lowest BCUT2D eigenvalue weighted by molar-refractivity contribution is 0.0194. The van der Waals surface area contributed by atoms with Crippen LogP contribution in [-0.2, 0) is 14.8 Å². The molecule has 2 aliphatic heterocycles. The first-order chi connectivity index (χ1) is 12.4. The summed E-state index contributed by atoms with van der Waals surface area (Å²) in [6.45, 7) is 3.70. The Morgan fingerprint density at radius 1 is 1.31 bits per heavy atom. The number of rotatable bonds is 7. The summed E-state index contributed by atoms with van der Waals surface area (Å²) in [5.41, 5.74) is 0. The van der Waals surface area contributed by atoms with E-state index in [1.165, 1.54) is 12.5 Å². The maximum absolute atomic E-state index is 12.0. The van der Waals surface area contributed by atoms with Crippen molar-refractivity contribution in [3.8, 4) is 0 Å². The maximum atomic E-state index is 12.0. The van der Waals surface area contributed by atoms with E-state index in [9.17, 15) is 13.2 Å². The standard InChI is InChI=1S/C17H27N3O5S/c1-26(22,23)19-8-4-15(13-19)20(14-5-11-24-12-6-14)9-7-18-17(21)16-3-2-10-25-16/h2-3,10,14-15H,4-9,11-13H2,1H3,(H,18,21). The third-order valence-corrected chi connectivity index (χ3v) is 6.39. The zero-order valence-corrected chi connectivity index (χ0v) is 15.9. The predicted octanol–water partition coefficient (Wildman–Crippen LogP) is 0.524. The minimum absolute atomic E-state index is 0.174. The highest BCUT2D eigenvalue weighted by atomic mass is 32.2. The molecule has 2 saturated heterocycles. The minimum atomic E-state index is -3.16. The molecule has 3 heterocycles. The summed E-state index contributed by atoms with van der Waals surface area (Å²) in [5.74, 6) is 0.0675. The van der Waals surface area contributed by atoms with Gasteiger partial charge >= 0.3 is 0 Å². The van der Waals surface area contributed by atoms with Crippen LogP contribution in [-0.4, -0.2) is 81.3 Å². The van der Waals surface area contributed by atoms with Gasteiger partial charge in [0.1, 0.15) is 0 Å². The highest BCUT2D eigenvalue weighted by Crippen LogP contribution is 2.24. The van der Waals surface area contributed by atoms with E-state index in [1.54, 1.807) is 16.4 Å². The molecule has 146 valence electrons. The fourth-order valence-electron chi connectivity index (χ4n) is 3.76. The lowest BCUT2D eigenvalue weighted by Gasteiger charge is -2.38. The third-order valence-electron chi connectivity index (χ3n) is 5.12. The highest BCUT2D eigenvalue weighted by Gasteiger charge is 2.35. The molecule has 26 heavy (non-hydrogen) atoms. The molecule has 2 fully saturated rings. The van der Waals surface area contributed by atoms with Gasteiger partial charge in [-0.15, -0.1) is 0 Å². The second-order valence-electron chi connectivity index (χ2n) is 6.88. The van der Waals surface area contributed by atoms with E-state index in [0.29, 0.717) is 38.0 Å². The zero-order chi connectivity index (χ0) is 18.6. The third kappa shape index (κ3) is 4.85. The lowest BCUT2D eigenvalue weighted by Crippen LogP contribution is -2.50. The van der Waals surface area contributed by atoms with Gasteiger partial charge < -0.3 is 14.5 Å². The van der Waals surface area contributed by atoms with Crippen LogP contribution in [0.15, 0.2) is 22.8 Å². The van der Waals surface area contributed by atoms with Crippen LogP contribution in [0, 0.1) is 0 Å². The number of nitrogens with zero attached hydrogens (tertiary/aromatic N) is 2. The Morgan fingerprint density at radius 2 is 2.08 bits per heavy atom. The molecule has 1 unspecified atom stereocenters. The van der Waals surface area contributed by atoms with Crippen molar-refractivity contribution in [1.29, 1.82) is 0 Å². The van der Waals surface area contributed by atoms with Crippen molar-refractivity contribution < 1.29 is 22.4 Å². The van der Waals surface area contributed by atoms with E-state index >= 15 is 0 Å². The Kier molecular flexibility index (Phi) is 6.33. The second kappa shape index (κ2) is 8.51. The molecule has 3 rings (SSSR count). The van der Waals surface area contributed by atoms with Crippen molar-refractivity contribution in [2.75, 3.05) is 45.6 Å². The van der Waals surface area contributed by atoms with E-state index in [4.69, 9.17) is 9.15 Å². The summed E-state index contributed by atoms with van der Waals surface area (Å²) in [6.07, 6.45) is 5.42. The molecule has 0 aromatic carbocycles. The van der Waals surface area contributed by atoms with Crippen LogP contribution in [0.4, 0.5) is 0 Å². The SMILES string of the molecule is CS(=O)(=O)N1CCC(N(CCNC(=O)c2ccco2)C2CCOCC2)C1. The van der Waals surface area contributed by atoms with Crippen LogP contribution in [0.2, 0.25) is 0 Å². The summed E-state index contributed by atoms with van der Waals surface area (Å²) < 4.78 is 35.8. The van der Waals surface area contributed by atoms with E-state index < -0.39 is 10.0 Å². The molecule has 1 amide bonds. The van der Waals surface area contributed by atoms with Gasteiger partial charge in [-0.05, 0) is 31.4 Å². The summed E-state index contributed by atoms with van der Waals surface area (Å²) in [7, 11) is -3.16. The fraction of sp³-hybridized carbons (Fsp3) is 0.706. The first-order valence-electron chi connectivity index (χ1n) is 9.05. The van der Waals surface area contributed by atoms with Gasteiger partial charge in [0, 0.05) is 51.5 Å². The summed E-state index contributed by atoms with van der Waals surface area (Å²) in [4.78, 5) is 14.4. The molecule has 1 aromatic rings. The lowest BCUT2D eigenvalue weighted by atomic mass is 10.0. The van der Waals surface area contributed by atoms with Gasteiger partial charge in [-0.25, -0.2) is 12.7 Å². The monoisotopic (exact) mass is 385 g/mol. The Balaban J connectivity index is 1.59. The molecule has 2 aliphatic rings. The predicted molar refractivity (Wildman–Crippen MR) is 96.4 cm³/mol. The molecule has 0 aliphatic carbocycles. The average Bonchev–Trinajstić information content (AvgIpc) is 3.30. The summed E-state index contributed by atoms with van der Waals surface area (Å²) in [5, 5.41) is 2.88. The number of sulfonamides is 1. The van der Waals surface area contributed by atoms with Gasteiger partial charge in [-0.3, -0.25) is 9.69 Å². The quantitative estimate of drug-likeness (QED) is 0.736. The van der Waals surface area contributed by atoms with Crippen LogP contribution in [0.1, 0.15) is 29.8 Å². The molecule has 0 spiro atoms. The highest BCUT2D eigenvalue weighted by molar-refractivity contribution is 7.88. The number of hydrogen-bond acceptors (Lipinski definition) is 6. The summed E-state index contributed by atoms with van der Waals surface area (Å²) in [6, 6.07) is 3.84. The van der Waals surface area contributed by atoms with Crippen molar-refractivity contribution in [1.82, 2.24) is 14.5 Å². The molecule has 1 N–H and O–H groups in total. The molecule has 1 atom stereocenters. The van der Waals surface area contributed by atoms with Gasteiger partial charge in [0.05, 0.1) is 12.5 Å². The van der Waals surface area contributed by atoms with Crippen LogP contribution < -0.4 is 5.32 Å². The largest absolute Gasteiger partial charge is 0.459 e. The fourth-order valence-corrected chi connectivity index (χ4v) is 4.64. The van der Waals surface area contributed by atoms with Crippen molar-refractivity contribution in [2.45, 2.75) is 31.3 Å². The van der Waals surface area contributed by atoms with Crippen molar-refractivity contribution in [2.24, 2.45) is 0 Å². The minimum Gasteiger partial charge on any atom is -0.459 e. The van der Waals surface area contributed by atoms with Crippen LogP contribution in [0.25, 0.3) is 0 Å². The van der Waals surface area contributed by atoms with E-state index in [0.717, 1.165) is 32.5 Å². The Hall–Kier alpha value is -1.42. The zero-order valence-electron chi connectivity index (χ0n) is 15.1. The first-order valence-corrected chi connectivity index (χ1v) is 10.9. The smallest absolute Gasteiger partial charge is 0.287 e. The first kappa shape index (κ1) is 19.3. The van der Waals surface area contributed by atoms with Crippen LogP contribution >= 0.6 is 0 Å².